The Morgan fingerprint density at radius 1 is 0.821 bits per heavy atom. The molecule has 0 bridgehead atoms. The number of nitrogens with zero attached hydrogens (tertiary/aromatic N) is 2. The van der Waals surface area contributed by atoms with E-state index in [1.165, 1.54) is 57.8 Å². The molecule has 0 aliphatic rings. The highest BCUT2D eigenvalue weighted by atomic mass is 127. The van der Waals surface area contributed by atoms with Gasteiger partial charge in [0.25, 0.3) is 5.91 Å². The Bertz CT molecular complexity index is 1100. The maximum Gasteiger partial charge on any atom is 0.264 e. The number of carbonyl (C=O) groups excluding carboxylic acids is 1. The number of carbonyl (C=O) groups is 1. The third-order valence-corrected chi connectivity index (χ3v) is 7.19. The minimum absolute atomic E-state index is 0. The molecule has 4 nitrogen and oxygen atoms in total. The van der Waals surface area contributed by atoms with Crippen LogP contribution < -0.4 is 38.2 Å². The molecule has 0 fully saturated rings. The first-order valence-electron chi connectivity index (χ1n) is 14.7. The fraction of sp³-hybridized carbons (Fsp3) is 0.471. The van der Waals surface area contributed by atoms with Crippen molar-refractivity contribution in [3.05, 3.63) is 89.7 Å². The minimum atomic E-state index is -0.000291. The van der Waals surface area contributed by atoms with Crippen molar-refractivity contribution in [3.8, 4) is 5.75 Å². The average Bonchev–Trinajstić information content (AvgIpc) is 2.95. The van der Waals surface area contributed by atoms with Crippen LogP contribution in [-0.4, -0.2) is 12.5 Å². The van der Waals surface area contributed by atoms with Gasteiger partial charge in [-0.25, -0.2) is 4.57 Å². The zero-order valence-corrected chi connectivity index (χ0v) is 26.4. The lowest BCUT2D eigenvalue weighted by Crippen LogP contribution is -3.00. The SMILES string of the molecule is CCCCCCCCCCCCOc1ccc(CN(C(=O)c2ccc[n+](CC)c2)c2ccccc2)c(C)c1.[I-]. The summed E-state index contributed by atoms with van der Waals surface area (Å²) in [4.78, 5) is 15.5. The summed E-state index contributed by atoms with van der Waals surface area (Å²) in [6, 6.07) is 20.0. The largest absolute Gasteiger partial charge is 1.00 e. The molecule has 0 aliphatic carbocycles. The van der Waals surface area contributed by atoms with Gasteiger partial charge in [-0.15, -0.1) is 0 Å². The molecule has 0 radical (unpaired) electrons. The number of aryl methyl sites for hydroxylation is 2. The first-order valence-corrected chi connectivity index (χ1v) is 14.7. The Morgan fingerprint density at radius 2 is 1.49 bits per heavy atom. The first-order chi connectivity index (χ1) is 18.6. The maximum atomic E-state index is 13.6. The summed E-state index contributed by atoms with van der Waals surface area (Å²) in [5.74, 6) is 0.909. The van der Waals surface area contributed by atoms with Gasteiger partial charge in [0.1, 0.15) is 17.9 Å². The highest BCUT2D eigenvalue weighted by Crippen LogP contribution is 2.24. The smallest absolute Gasteiger partial charge is 0.264 e. The third kappa shape index (κ3) is 11.3. The summed E-state index contributed by atoms with van der Waals surface area (Å²) >= 11 is 0. The highest BCUT2D eigenvalue weighted by Gasteiger charge is 2.21. The van der Waals surface area contributed by atoms with Crippen molar-refractivity contribution in [1.29, 1.82) is 0 Å². The number of ether oxygens (including phenoxy) is 1. The second kappa shape index (κ2) is 18.8. The maximum absolute atomic E-state index is 13.6. The van der Waals surface area contributed by atoms with E-state index in [0.29, 0.717) is 12.1 Å². The number of halogens is 1. The number of hydrogen-bond donors (Lipinski definition) is 0. The summed E-state index contributed by atoms with van der Waals surface area (Å²) in [7, 11) is 0. The summed E-state index contributed by atoms with van der Waals surface area (Å²) in [5, 5.41) is 0. The number of anilines is 1. The van der Waals surface area contributed by atoms with E-state index in [1.54, 1.807) is 0 Å². The van der Waals surface area contributed by atoms with Gasteiger partial charge in [-0.3, -0.25) is 4.79 Å². The van der Waals surface area contributed by atoms with E-state index in [1.807, 2.05) is 70.4 Å². The molecule has 0 atom stereocenters. The monoisotopic (exact) mass is 642 g/mol. The molecule has 39 heavy (non-hydrogen) atoms. The van der Waals surface area contributed by atoms with Crippen LogP contribution in [0.25, 0.3) is 0 Å². The van der Waals surface area contributed by atoms with Crippen LogP contribution in [0.1, 0.15) is 99.5 Å². The number of para-hydroxylation sites is 1. The van der Waals surface area contributed by atoms with Crippen LogP contribution in [0.3, 0.4) is 0 Å². The number of benzene rings is 2. The zero-order valence-electron chi connectivity index (χ0n) is 24.2. The zero-order chi connectivity index (χ0) is 27.0. The molecule has 3 rings (SSSR count). The molecular formula is C34H47IN2O2. The van der Waals surface area contributed by atoms with Crippen molar-refractivity contribution in [2.75, 3.05) is 11.5 Å². The van der Waals surface area contributed by atoms with Crippen LogP contribution in [0.2, 0.25) is 0 Å². The predicted octanol–water partition coefficient (Wildman–Crippen LogP) is 5.45. The van der Waals surface area contributed by atoms with Gasteiger partial charge in [-0.2, -0.15) is 0 Å². The number of hydrogen-bond acceptors (Lipinski definition) is 2. The quantitative estimate of drug-likeness (QED) is 0.112. The Morgan fingerprint density at radius 3 is 2.13 bits per heavy atom. The van der Waals surface area contributed by atoms with Crippen molar-refractivity contribution in [2.45, 2.75) is 98.1 Å². The molecule has 212 valence electrons. The Kier molecular flexibility index (Phi) is 15.8. The lowest BCUT2D eigenvalue weighted by Gasteiger charge is -2.24. The number of unbranched alkanes of at least 4 members (excludes halogenated alkanes) is 9. The first kappa shape index (κ1) is 32.8. The Hall–Kier alpha value is -2.41. The minimum Gasteiger partial charge on any atom is -1.00 e. The van der Waals surface area contributed by atoms with E-state index in [9.17, 15) is 4.79 Å². The number of rotatable bonds is 17. The van der Waals surface area contributed by atoms with Crippen LogP contribution in [0.15, 0.2) is 73.1 Å². The summed E-state index contributed by atoms with van der Waals surface area (Å²) in [5.41, 5.74) is 3.83. The van der Waals surface area contributed by atoms with Crippen LogP contribution in [0.4, 0.5) is 5.69 Å². The summed E-state index contributed by atoms with van der Waals surface area (Å²) in [6.45, 7) is 8.54. The molecule has 5 heteroatoms. The van der Waals surface area contributed by atoms with Gasteiger partial charge in [0.15, 0.2) is 12.4 Å². The van der Waals surface area contributed by atoms with E-state index in [4.69, 9.17) is 4.74 Å². The van der Waals surface area contributed by atoms with Gasteiger partial charge >= 0.3 is 0 Å². The molecule has 1 heterocycles. The van der Waals surface area contributed by atoms with E-state index in [0.717, 1.165) is 42.1 Å². The van der Waals surface area contributed by atoms with E-state index >= 15 is 0 Å². The van der Waals surface area contributed by atoms with Gasteiger partial charge in [-0.1, -0.05) is 89.0 Å². The molecule has 0 saturated heterocycles. The summed E-state index contributed by atoms with van der Waals surface area (Å²) < 4.78 is 8.09. The van der Waals surface area contributed by atoms with E-state index < -0.39 is 0 Å². The van der Waals surface area contributed by atoms with Gasteiger partial charge in [0, 0.05) is 11.8 Å². The predicted molar refractivity (Wildman–Crippen MR) is 158 cm³/mol. The molecule has 0 N–H and O–H groups in total. The molecule has 0 spiro atoms. The Labute approximate surface area is 253 Å². The summed E-state index contributed by atoms with van der Waals surface area (Å²) in [6.07, 6.45) is 17.2. The molecule has 0 aliphatic heterocycles. The van der Waals surface area contributed by atoms with Crippen molar-refractivity contribution in [1.82, 2.24) is 0 Å². The molecule has 1 amide bonds. The lowest BCUT2D eigenvalue weighted by atomic mass is 10.1. The van der Waals surface area contributed by atoms with Crippen LogP contribution in [0.5, 0.6) is 5.75 Å². The average molecular weight is 643 g/mol. The number of amides is 1. The van der Waals surface area contributed by atoms with Gasteiger partial charge in [-0.05, 0) is 61.7 Å². The van der Waals surface area contributed by atoms with E-state index in [2.05, 4.69) is 32.9 Å². The standard InChI is InChI=1S/C34H47N2O2.HI/c1-4-6-7-8-9-10-11-12-13-17-25-38-33-23-22-30(29(3)26-33)28-36(32-20-15-14-16-21-32)34(37)31-19-18-24-35(5-2)27-31;/h14-16,18-24,26-27H,4-13,17,25,28H2,1-3H3;1H/q+1;/p-1. The van der Waals surface area contributed by atoms with Crippen LogP contribution in [-0.2, 0) is 13.1 Å². The van der Waals surface area contributed by atoms with Gasteiger partial charge in [0.2, 0.25) is 0 Å². The number of aromatic nitrogens is 1. The van der Waals surface area contributed by atoms with Crippen LogP contribution in [0, 0.1) is 6.92 Å². The second-order valence-electron chi connectivity index (χ2n) is 10.3. The van der Waals surface area contributed by atoms with Crippen molar-refractivity contribution in [3.63, 3.8) is 0 Å². The fourth-order valence-electron chi connectivity index (χ4n) is 4.77. The lowest BCUT2D eigenvalue weighted by molar-refractivity contribution is -0.693. The molecule has 1 aromatic heterocycles. The van der Waals surface area contributed by atoms with E-state index in [-0.39, 0.29) is 29.9 Å². The fourth-order valence-corrected chi connectivity index (χ4v) is 4.77. The molecule has 0 saturated carbocycles. The molecule has 3 aromatic rings. The topological polar surface area (TPSA) is 33.4 Å². The number of pyridine rings is 1. The van der Waals surface area contributed by atoms with Gasteiger partial charge < -0.3 is 33.6 Å². The highest BCUT2D eigenvalue weighted by molar-refractivity contribution is 6.05. The second-order valence-corrected chi connectivity index (χ2v) is 10.3. The normalized spacial score (nSPS) is 10.6. The van der Waals surface area contributed by atoms with Crippen molar-refractivity contribution in [2.24, 2.45) is 0 Å². The van der Waals surface area contributed by atoms with Crippen molar-refractivity contribution >= 4 is 11.6 Å². The molecule has 2 aromatic carbocycles. The Balaban J connectivity index is 0.00000533. The molecular weight excluding hydrogens is 595 g/mol. The molecule has 0 unspecified atom stereocenters. The third-order valence-electron chi connectivity index (χ3n) is 7.19. The van der Waals surface area contributed by atoms with Crippen LogP contribution >= 0.6 is 0 Å². The van der Waals surface area contributed by atoms with Crippen molar-refractivity contribution < 1.29 is 38.1 Å². The van der Waals surface area contributed by atoms with Gasteiger partial charge in [0.05, 0.1) is 13.2 Å².